The highest BCUT2D eigenvalue weighted by Crippen LogP contribution is 2.35. The number of thiophene rings is 1. The molecule has 0 saturated heterocycles. The molecule has 3 rings (SSSR count). The molecule has 1 N–H and O–H groups in total. The summed E-state index contributed by atoms with van der Waals surface area (Å²) in [5, 5.41) is 2.83. The largest absolute Gasteiger partial charge is 0.493 e. The lowest BCUT2D eigenvalue weighted by atomic mass is 10.1. The maximum Gasteiger partial charge on any atom is 0.340 e. The van der Waals surface area contributed by atoms with Crippen LogP contribution in [0, 0.1) is 19.8 Å². The summed E-state index contributed by atoms with van der Waals surface area (Å²) in [6.07, 6.45) is 3.69. The van der Waals surface area contributed by atoms with E-state index in [1.807, 2.05) is 13.8 Å². The fraction of sp³-hybridized carbons (Fsp3) is 0.435. The number of hydrogen-bond acceptors (Lipinski definition) is 7. The molecule has 0 aliphatic heterocycles. The Hall–Kier alpha value is -2.87. The van der Waals surface area contributed by atoms with Gasteiger partial charge < -0.3 is 19.5 Å². The van der Waals surface area contributed by atoms with Crippen molar-refractivity contribution in [3.8, 4) is 11.5 Å². The number of aryl methyl sites for hydroxylation is 2. The first-order chi connectivity index (χ1) is 14.8. The summed E-state index contributed by atoms with van der Waals surface area (Å²) >= 11 is 1.52. The highest BCUT2D eigenvalue weighted by atomic mass is 32.1. The number of nitrogens with one attached hydrogen (secondary N) is 1. The molecule has 1 aliphatic rings. The number of Topliss-reactive ketones (excluding diaryl/α,β-unsaturated/α-hetero) is 1. The third-order valence-corrected chi connectivity index (χ3v) is 6.37. The van der Waals surface area contributed by atoms with Gasteiger partial charge in [0.25, 0.3) is 0 Å². The monoisotopic (exact) mass is 445 g/mol. The quantitative estimate of drug-likeness (QED) is 0.473. The third-order valence-electron chi connectivity index (χ3n) is 5.40. The number of methoxy groups -OCH3 is 2. The van der Waals surface area contributed by atoms with Crippen LogP contribution >= 0.6 is 11.3 Å². The zero-order chi connectivity index (χ0) is 22.5. The molecule has 0 spiro atoms. The molecule has 31 heavy (non-hydrogen) atoms. The van der Waals surface area contributed by atoms with E-state index < -0.39 is 5.97 Å². The van der Waals surface area contributed by atoms with Crippen molar-refractivity contribution in [2.75, 3.05) is 26.1 Å². The molecular formula is C23H27NO6S. The van der Waals surface area contributed by atoms with Crippen LogP contribution in [0.25, 0.3) is 0 Å². The molecule has 1 amide bonds. The van der Waals surface area contributed by atoms with Crippen molar-refractivity contribution in [3.63, 3.8) is 0 Å². The summed E-state index contributed by atoms with van der Waals surface area (Å²) in [7, 11) is 2.93. The molecule has 0 atom stereocenters. The fourth-order valence-corrected chi connectivity index (χ4v) is 4.71. The second-order valence-electron chi connectivity index (χ2n) is 7.55. The van der Waals surface area contributed by atoms with Crippen molar-refractivity contribution in [2.24, 2.45) is 5.92 Å². The second kappa shape index (κ2) is 9.96. The van der Waals surface area contributed by atoms with Gasteiger partial charge in [-0.05, 0) is 32.8 Å². The number of hydrogen-bond donors (Lipinski definition) is 1. The summed E-state index contributed by atoms with van der Waals surface area (Å²) in [6, 6.07) is 4.78. The highest BCUT2D eigenvalue weighted by Gasteiger charge is 2.26. The summed E-state index contributed by atoms with van der Waals surface area (Å²) < 4.78 is 15.9. The molecule has 1 heterocycles. The van der Waals surface area contributed by atoms with Crippen LogP contribution in [0.2, 0.25) is 0 Å². The van der Waals surface area contributed by atoms with Crippen LogP contribution in [0.1, 0.15) is 56.2 Å². The Balaban J connectivity index is 1.81. The minimum Gasteiger partial charge on any atom is -0.493 e. The first-order valence-electron chi connectivity index (χ1n) is 10.2. The first-order valence-corrected chi connectivity index (χ1v) is 11.0. The molecule has 0 bridgehead atoms. The van der Waals surface area contributed by atoms with Crippen LogP contribution in [-0.4, -0.2) is 38.5 Å². The molecule has 1 aromatic heterocycles. The van der Waals surface area contributed by atoms with Crippen LogP contribution in [0.4, 0.5) is 5.69 Å². The zero-order valence-electron chi connectivity index (χ0n) is 18.2. The predicted octanol–water partition coefficient (Wildman–Crippen LogP) is 4.55. The number of rotatable bonds is 8. The maximum absolute atomic E-state index is 12.8. The molecule has 8 heteroatoms. The van der Waals surface area contributed by atoms with Gasteiger partial charge in [0.15, 0.2) is 18.1 Å². The molecule has 7 nitrogen and oxygen atoms in total. The van der Waals surface area contributed by atoms with Crippen LogP contribution in [0.3, 0.4) is 0 Å². The number of carbonyl (C=O) groups excluding carboxylic acids is 3. The Morgan fingerprint density at radius 3 is 2.23 bits per heavy atom. The standard InChI is InChI=1S/C23H27NO6S/c1-13-9-16(14(2)31-13)19(25)12-30-23(27)17-10-20(28-3)21(29-4)11-18(17)24-22(26)15-7-5-6-8-15/h9-11,15H,5-8,12H2,1-4H3,(H,24,26). The smallest absolute Gasteiger partial charge is 0.340 e. The van der Waals surface area contributed by atoms with E-state index in [1.54, 1.807) is 6.07 Å². The van der Waals surface area contributed by atoms with Crippen LogP contribution in [0.15, 0.2) is 18.2 Å². The first kappa shape index (κ1) is 22.8. The molecule has 0 unspecified atom stereocenters. The molecule has 2 aromatic rings. The number of carbonyl (C=O) groups is 3. The zero-order valence-corrected chi connectivity index (χ0v) is 19.0. The third kappa shape index (κ3) is 5.25. The average molecular weight is 446 g/mol. The number of amides is 1. The highest BCUT2D eigenvalue weighted by molar-refractivity contribution is 7.12. The number of esters is 1. The van der Waals surface area contributed by atoms with Crippen molar-refractivity contribution >= 4 is 34.7 Å². The molecule has 0 radical (unpaired) electrons. The number of anilines is 1. The normalized spacial score (nSPS) is 13.7. The summed E-state index contributed by atoms with van der Waals surface area (Å²) in [6.45, 7) is 3.39. The maximum atomic E-state index is 12.8. The van der Waals surface area contributed by atoms with Gasteiger partial charge in [0, 0.05) is 33.4 Å². The van der Waals surface area contributed by atoms with E-state index in [-0.39, 0.29) is 35.5 Å². The summed E-state index contributed by atoms with van der Waals surface area (Å²) in [5.41, 5.74) is 0.932. The molecule has 1 aromatic carbocycles. The fourth-order valence-electron chi connectivity index (χ4n) is 3.77. The number of benzene rings is 1. The molecule has 1 aliphatic carbocycles. The van der Waals surface area contributed by atoms with Gasteiger partial charge in [-0.3, -0.25) is 9.59 Å². The molecular weight excluding hydrogens is 418 g/mol. The van der Waals surface area contributed by atoms with Crippen molar-refractivity contribution in [3.05, 3.63) is 39.1 Å². The lowest BCUT2D eigenvalue weighted by molar-refractivity contribution is -0.119. The Labute approximate surface area is 185 Å². The second-order valence-corrected chi connectivity index (χ2v) is 9.01. The van der Waals surface area contributed by atoms with Gasteiger partial charge in [-0.1, -0.05) is 12.8 Å². The lowest BCUT2D eigenvalue weighted by Gasteiger charge is -2.17. The van der Waals surface area contributed by atoms with Gasteiger partial charge in [0.2, 0.25) is 11.7 Å². The van der Waals surface area contributed by atoms with Crippen molar-refractivity contribution in [1.29, 1.82) is 0 Å². The summed E-state index contributed by atoms with van der Waals surface area (Å²) in [4.78, 5) is 39.9. The number of ether oxygens (including phenoxy) is 3. The summed E-state index contributed by atoms with van der Waals surface area (Å²) in [5.74, 6) is -0.513. The van der Waals surface area contributed by atoms with E-state index in [0.717, 1.165) is 35.4 Å². The van der Waals surface area contributed by atoms with Gasteiger partial charge in [-0.25, -0.2) is 4.79 Å². The Bertz CT molecular complexity index is 990. The van der Waals surface area contributed by atoms with E-state index in [9.17, 15) is 14.4 Å². The Kier molecular flexibility index (Phi) is 7.33. The minimum atomic E-state index is -0.722. The van der Waals surface area contributed by atoms with Crippen molar-refractivity contribution < 1.29 is 28.6 Å². The van der Waals surface area contributed by atoms with Gasteiger partial charge in [-0.15, -0.1) is 11.3 Å². The van der Waals surface area contributed by atoms with E-state index >= 15 is 0 Å². The lowest BCUT2D eigenvalue weighted by Crippen LogP contribution is -2.23. The SMILES string of the molecule is COc1cc(NC(=O)C2CCCC2)c(C(=O)OCC(=O)c2cc(C)sc2C)cc1OC. The van der Waals surface area contributed by atoms with E-state index in [4.69, 9.17) is 14.2 Å². The van der Waals surface area contributed by atoms with E-state index in [1.165, 1.54) is 37.7 Å². The number of ketones is 1. The van der Waals surface area contributed by atoms with Gasteiger partial charge >= 0.3 is 5.97 Å². The van der Waals surface area contributed by atoms with Crippen LogP contribution in [-0.2, 0) is 9.53 Å². The van der Waals surface area contributed by atoms with Crippen LogP contribution in [0.5, 0.6) is 11.5 Å². The molecule has 166 valence electrons. The van der Waals surface area contributed by atoms with Gasteiger partial charge in [0.1, 0.15) is 0 Å². The van der Waals surface area contributed by atoms with Gasteiger partial charge in [-0.2, -0.15) is 0 Å². The Morgan fingerprint density at radius 1 is 1.00 bits per heavy atom. The van der Waals surface area contributed by atoms with E-state index in [2.05, 4.69) is 5.32 Å². The predicted molar refractivity (Wildman–Crippen MR) is 119 cm³/mol. The van der Waals surface area contributed by atoms with Crippen molar-refractivity contribution in [2.45, 2.75) is 39.5 Å². The van der Waals surface area contributed by atoms with Crippen LogP contribution < -0.4 is 14.8 Å². The Morgan fingerprint density at radius 2 is 1.65 bits per heavy atom. The van der Waals surface area contributed by atoms with E-state index in [0.29, 0.717) is 17.1 Å². The topological polar surface area (TPSA) is 90.9 Å². The minimum absolute atomic E-state index is 0.0802. The average Bonchev–Trinajstić information content (AvgIpc) is 3.41. The molecule has 1 saturated carbocycles. The van der Waals surface area contributed by atoms with Crippen molar-refractivity contribution in [1.82, 2.24) is 0 Å². The van der Waals surface area contributed by atoms with Gasteiger partial charge in [0.05, 0.1) is 25.5 Å². The molecule has 1 fully saturated rings.